The smallest absolute Gasteiger partial charge is 0.731 e. The van der Waals surface area contributed by atoms with Crippen molar-refractivity contribution in [1.29, 1.82) is 0 Å². The van der Waals surface area contributed by atoms with Crippen LogP contribution in [-0.4, -0.2) is 75.9 Å². The number of thiazole rings is 1. The number of oxime groups is 1. The van der Waals surface area contributed by atoms with E-state index in [9.17, 15) is 32.1 Å². The van der Waals surface area contributed by atoms with E-state index in [2.05, 4.69) is 25.6 Å². The third-order valence-corrected chi connectivity index (χ3v) is 6.23. The number of thioether (sulfide) groups is 1. The first-order valence-corrected chi connectivity index (χ1v) is 11.0. The van der Waals surface area contributed by atoms with Gasteiger partial charge in [0.05, 0.1) is 6.54 Å². The predicted octanol–water partition coefficient (Wildman–Crippen LogP) is -5.21. The second kappa shape index (κ2) is 11.3. The van der Waals surface area contributed by atoms with E-state index in [-0.39, 0.29) is 51.2 Å². The van der Waals surface area contributed by atoms with E-state index in [1.165, 1.54) is 5.38 Å². The number of rotatable bonds is 8. The number of nitrogens with zero attached hydrogens (tertiary/aromatic N) is 3. The van der Waals surface area contributed by atoms with Gasteiger partial charge in [-0.05, 0) is 0 Å². The summed E-state index contributed by atoms with van der Waals surface area (Å²) in [5.41, 5.74) is 4.77. The summed E-state index contributed by atoms with van der Waals surface area (Å²) in [5.74, 6) is -2.72. The van der Waals surface area contributed by atoms with Gasteiger partial charge >= 0.3 is 29.6 Å². The molecule has 0 aromatic carbocycles. The van der Waals surface area contributed by atoms with Crippen LogP contribution < -0.4 is 45.9 Å². The first-order chi connectivity index (χ1) is 14.0. The first kappa shape index (κ1) is 27.4. The summed E-state index contributed by atoms with van der Waals surface area (Å²) >= 11 is 1.35. The Balaban J connectivity index is 0.00000480. The second-order valence-corrected chi connectivity index (χ2v) is 8.86. The number of β-lactam (4-membered cyclic amide) rings is 1. The van der Waals surface area contributed by atoms with Gasteiger partial charge < -0.3 is 25.8 Å². The minimum absolute atomic E-state index is 0. The molecule has 31 heavy (non-hydrogen) atoms. The molecule has 2 heterocycles. The van der Waals surface area contributed by atoms with E-state index in [4.69, 9.17) is 5.73 Å². The molecule has 0 saturated carbocycles. The van der Waals surface area contributed by atoms with Crippen molar-refractivity contribution in [3.63, 3.8) is 0 Å². The number of hydrogen-bond acceptors (Lipinski definition) is 13. The molecule has 3 amide bonds. The fourth-order valence-electron chi connectivity index (χ4n) is 2.21. The van der Waals surface area contributed by atoms with Crippen LogP contribution in [0.4, 0.5) is 5.13 Å². The van der Waals surface area contributed by atoms with Crippen molar-refractivity contribution in [2.24, 2.45) is 10.9 Å². The number of aromatic nitrogens is 1. The van der Waals surface area contributed by atoms with Gasteiger partial charge in [0.25, 0.3) is 11.8 Å². The number of hydrogen-bond donors (Lipinski definition) is 3. The molecule has 1 aromatic heterocycles. The zero-order chi connectivity index (χ0) is 22.6. The van der Waals surface area contributed by atoms with Crippen molar-refractivity contribution in [2.75, 3.05) is 19.0 Å². The largest absolute Gasteiger partial charge is 1.00 e. The molecule has 1 saturated heterocycles. The quantitative estimate of drug-likeness (QED) is 0.100. The number of anilines is 1. The second-order valence-electron chi connectivity index (χ2n) is 5.46. The number of carbonyl (C=O) groups excluding carboxylic acids is 4. The Morgan fingerprint density at radius 1 is 1.45 bits per heavy atom. The molecular formula is C13H15N6NaO8S3. The molecule has 1 aromatic rings. The van der Waals surface area contributed by atoms with Crippen LogP contribution in [-0.2, 0) is 34.3 Å². The number of nitrogens with two attached hydrogens (primary N) is 1. The van der Waals surface area contributed by atoms with Crippen molar-refractivity contribution < 1.29 is 66.5 Å². The number of carbonyl (C=O) groups is 4. The van der Waals surface area contributed by atoms with E-state index in [0.717, 1.165) is 25.4 Å². The van der Waals surface area contributed by atoms with E-state index >= 15 is 0 Å². The third-order valence-electron chi connectivity index (χ3n) is 3.39. The molecule has 0 radical (unpaired) electrons. The van der Waals surface area contributed by atoms with Crippen LogP contribution in [0.1, 0.15) is 12.6 Å². The van der Waals surface area contributed by atoms with Gasteiger partial charge in [-0.3, -0.25) is 19.2 Å². The molecule has 0 aliphatic carbocycles. The summed E-state index contributed by atoms with van der Waals surface area (Å²) in [7, 11) is -4.03. The Morgan fingerprint density at radius 2 is 2.10 bits per heavy atom. The van der Waals surface area contributed by atoms with Gasteiger partial charge in [-0.15, -0.1) is 11.3 Å². The molecule has 1 fully saturated rings. The van der Waals surface area contributed by atoms with Crippen LogP contribution in [0.5, 0.6) is 0 Å². The van der Waals surface area contributed by atoms with Crippen molar-refractivity contribution in [2.45, 2.75) is 18.3 Å². The molecule has 2 atom stereocenters. The molecule has 2 rings (SSSR count). The molecule has 14 nitrogen and oxygen atoms in total. The maximum Gasteiger partial charge on any atom is 1.00 e. The van der Waals surface area contributed by atoms with Crippen molar-refractivity contribution >= 4 is 67.1 Å². The topological polar surface area (TPSA) is 213 Å². The minimum atomic E-state index is -5.18. The van der Waals surface area contributed by atoms with Crippen molar-refractivity contribution in [3.8, 4) is 0 Å². The first-order valence-electron chi connectivity index (χ1n) is 7.83. The summed E-state index contributed by atoms with van der Waals surface area (Å²) < 4.78 is 33.7. The van der Waals surface area contributed by atoms with Gasteiger partial charge in [0, 0.05) is 12.3 Å². The fourth-order valence-corrected chi connectivity index (χ4v) is 4.94. The summed E-state index contributed by atoms with van der Waals surface area (Å²) in [6.07, 6.45) is 0. The normalized spacial score (nSPS) is 18.5. The third kappa shape index (κ3) is 6.69. The summed E-state index contributed by atoms with van der Waals surface area (Å²) in [6, 6.07) is -1.48. The van der Waals surface area contributed by atoms with Gasteiger partial charge in [0.1, 0.15) is 24.2 Å². The molecule has 1 aliphatic heterocycles. The maximum absolute atomic E-state index is 12.6. The van der Waals surface area contributed by atoms with Gasteiger partial charge in [-0.25, -0.2) is 17.7 Å². The van der Waals surface area contributed by atoms with E-state index < -0.39 is 50.3 Å². The molecule has 18 heteroatoms. The fraction of sp³-hybridized carbons (Fsp3) is 0.385. The monoisotopic (exact) mass is 502 g/mol. The Labute approximate surface area is 206 Å². The molecule has 0 bridgehead atoms. The van der Waals surface area contributed by atoms with Crippen molar-refractivity contribution in [1.82, 2.24) is 14.6 Å². The molecular weight excluding hydrogens is 487 g/mol. The molecule has 164 valence electrons. The summed E-state index contributed by atoms with van der Waals surface area (Å²) in [6.45, 7) is 0.818. The SMILES string of the molecule is CON=C(C(=O)N[C@@H]1C(=O)N(S(=O)(=O)[O-])[C@@H]1SC(C)=O)c1csc(NC(=O)CN)n1.[Na+]. The van der Waals surface area contributed by atoms with Gasteiger partial charge in [0.15, 0.2) is 26.3 Å². The van der Waals surface area contributed by atoms with E-state index in [1.54, 1.807) is 0 Å². The zero-order valence-corrected chi connectivity index (χ0v) is 20.8. The molecule has 1 aliphatic rings. The van der Waals surface area contributed by atoms with Crippen LogP contribution in [0.2, 0.25) is 0 Å². The van der Waals surface area contributed by atoms with Gasteiger partial charge in [0.2, 0.25) is 5.91 Å². The average molecular weight is 502 g/mol. The molecule has 4 N–H and O–H groups in total. The van der Waals surface area contributed by atoms with Crippen molar-refractivity contribution in [3.05, 3.63) is 11.1 Å². The molecule has 0 unspecified atom stereocenters. The van der Waals surface area contributed by atoms with Crippen LogP contribution in [0.3, 0.4) is 0 Å². The van der Waals surface area contributed by atoms with Crippen LogP contribution in [0.25, 0.3) is 0 Å². The number of amides is 3. The Hall–Kier alpha value is -1.60. The average Bonchev–Trinajstić information content (AvgIpc) is 3.09. The Morgan fingerprint density at radius 3 is 2.61 bits per heavy atom. The van der Waals surface area contributed by atoms with E-state index in [1.807, 2.05) is 0 Å². The van der Waals surface area contributed by atoms with Gasteiger partial charge in [-0.2, -0.15) is 0 Å². The minimum Gasteiger partial charge on any atom is -0.731 e. The van der Waals surface area contributed by atoms with Crippen LogP contribution in [0, 0.1) is 0 Å². The molecule has 0 spiro atoms. The van der Waals surface area contributed by atoms with Crippen LogP contribution >= 0.6 is 23.1 Å². The standard InChI is InChI=1S/C13H16N6O8S3.Na/c1-5(20)29-12-9(11(23)19(12)30(24,25)26)17-10(22)8(18-27-2)6-4-28-13(15-6)16-7(21)3-14;/h4,9,12H,3,14H2,1-2H3,(H,17,22)(H,15,16,21)(H,24,25,26);/q;+1/p-1/t9-,12-;/m1./s1. The number of nitrogens with one attached hydrogen (secondary N) is 2. The Kier molecular flexibility index (Phi) is 10.0. The van der Waals surface area contributed by atoms with Gasteiger partial charge in [-0.1, -0.05) is 16.9 Å². The Bertz CT molecular complexity index is 1010. The zero-order valence-electron chi connectivity index (χ0n) is 16.3. The maximum atomic E-state index is 12.6. The summed E-state index contributed by atoms with van der Waals surface area (Å²) in [5, 5.41) is 7.58. The van der Waals surface area contributed by atoms with Crippen LogP contribution in [0.15, 0.2) is 10.5 Å². The summed E-state index contributed by atoms with van der Waals surface area (Å²) in [4.78, 5) is 56.0. The van der Waals surface area contributed by atoms with E-state index in [0.29, 0.717) is 11.8 Å². The predicted molar refractivity (Wildman–Crippen MR) is 104 cm³/mol.